The van der Waals surface area contributed by atoms with E-state index in [0.717, 1.165) is 30.7 Å². The van der Waals surface area contributed by atoms with Crippen molar-refractivity contribution < 1.29 is 9.72 Å². The summed E-state index contributed by atoms with van der Waals surface area (Å²) in [4.78, 5) is 25.7. The first-order valence-electron chi connectivity index (χ1n) is 8.34. The monoisotopic (exact) mass is 356 g/mol. The molecule has 1 amide bonds. The Bertz CT molecular complexity index is 734. The minimum absolute atomic E-state index is 0.0677. The maximum Gasteiger partial charge on any atom is 0.269 e. The Morgan fingerprint density at radius 2 is 1.88 bits per heavy atom. The second-order valence-electron chi connectivity index (χ2n) is 6.11. The predicted molar refractivity (Wildman–Crippen MR) is 98.7 cm³/mol. The van der Waals surface area contributed by atoms with E-state index in [4.69, 9.17) is 0 Å². The minimum Gasteiger partial charge on any atom is -0.339 e. The van der Waals surface area contributed by atoms with Gasteiger partial charge >= 0.3 is 0 Å². The highest BCUT2D eigenvalue weighted by atomic mass is 32.2. The molecule has 1 heterocycles. The summed E-state index contributed by atoms with van der Waals surface area (Å²) in [5, 5.41) is 10.7. The molecule has 0 aromatic heterocycles. The average Bonchev–Trinajstić information content (AvgIpc) is 3.09. The number of rotatable bonds is 6. The fourth-order valence-electron chi connectivity index (χ4n) is 3.15. The highest BCUT2D eigenvalue weighted by molar-refractivity contribution is 8.00. The molecule has 1 atom stereocenters. The van der Waals surface area contributed by atoms with Crippen LogP contribution in [0.15, 0.2) is 59.5 Å². The van der Waals surface area contributed by atoms with Gasteiger partial charge in [-0.05, 0) is 37.0 Å². The van der Waals surface area contributed by atoms with E-state index in [9.17, 15) is 14.9 Å². The van der Waals surface area contributed by atoms with Crippen LogP contribution in [0.1, 0.15) is 18.4 Å². The van der Waals surface area contributed by atoms with Crippen molar-refractivity contribution in [1.29, 1.82) is 0 Å². The molecule has 1 aliphatic heterocycles. The number of nitro groups is 1. The summed E-state index contributed by atoms with van der Waals surface area (Å²) in [5.41, 5.74) is 1.33. The van der Waals surface area contributed by atoms with Crippen molar-refractivity contribution in [2.24, 2.45) is 0 Å². The summed E-state index contributed by atoms with van der Waals surface area (Å²) in [6.45, 7) is 0.817. The van der Waals surface area contributed by atoms with Crippen LogP contribution in [0.3, 0.4) is 0 Å². The number of non-ortho nitro benzene ring substituents is 1. The summed E-state index contributed by atoms with van der Waals surface area (Å²) in [7, 11) is 0. The molecule has 1 unspecified atom stereocenters. The molecule has 0 bridgehead atoms. The van der Waals surface area contributed by atoms with Gasteiger partial charge in [-0.25, -0.2) is 0 Å². The largest absolute Gasteiger partial charge is 0.339 e. The van der Waals surface area contributed by atoms with Crippen LogP contribution in [0.4, 0.5) is 5.69 Å². The van der Waals surface area contributed by atoms with Gasteiger partial charge < -0.3 is 4.90 Å². The molecule has 5 nitrogen and oxygen atoms in total. The third-order valence-corrected chi connectivity index (χ3v) is 5.42. The van der Waals surface area contributed by atoms with Crippen LogP contribution in [0.5, 0.6) is 0 Å². The number of carbonyl (C=O) groups is 1. The highest BCUT2D eigenvalue weighted by Gasteiger charge is 2.28. The van der Waals surface area contributed by atoms with Crippen LogP contribution in [0, 0.1) is 10.1 Å². The second-order valence-corrected chi connectivity index (χ2v) is 7.16. The van der Waals surface area contributed by atoms with E-state index >= 15 is 0 Å². The van der Waals surface area contributed by atoms with Crippen molar-refractivity contribution in [3.63, 3.8) is 0 Å². The molecule has 0 saturated carbocycles. The van der Waals surface area contributed by atoms with E-state index < -0.39 is 4.92 Å². The van der Waals surface area contributed by atoms with Gasteiger partial charge in [0.1, 0.15) is 0 Å². The number of nitro benzene ring substituents is 1. The van der Waals surface area contributed by atoms with E-state index in [-0.39, 0.29) is 17.6 Å². The maximum atomic E-state index is 12.6. The van der Waals surface area contributed by atoms with Gasteiger partial charge in [0.25, 0.3) is 5.69 Å². The number of benzene rings is 2. The lowest BCUT2D eigenvalue weighted by Gasteiger charge is -2.24. The van der Waals surface area contributed by atoms with Gasteiger partial charge in [-0.15, -0.1) is 11.8 Å². The Kier molecular flexibility index (Phi) is 5.71. The van der Waals surface area contributed by atoms with Gasteiger partial charge in [-0.1, -0.05) is 30.3 Å². The molecule has 2 aromatic carbocycles. The van der Waals surface area contributed by atoms with Gasteiger partial charge in [0.05, 0.1) is 10.7 Å². The minimum atomic E-state index is -0.419. The number of carbonyl (C=O) groups excluding carboxylic acids is 1. The highest BCUT2D eigenvalue weighted by Crippen LogP contribution is 2.25. The zero-order valence-electron chi connectivity index (χ0n) is 13.8. The molecule has 1 saturated heterocycles. The quantitative estimate of drug-likeness (QED) is 0.447. The third-order valence-electron chi connectivity index (χ3n) is 4.42. The summed E-state index contributed by atoms with van der Waals surface area (Å²) in [5.74, 6) is 0.505. The van der Waals surface area contributed by atoms with Crippen LogP contribution in [0.2, 0.25) is 0 Å². The Morgan fingerprint density at radius 3 is 2.56 bits per heavy atom. The van der Waals surface area contributed by atoms with Crippen LogP contribution in [0.25, 0.3) is 0 Å². The predicted octanol–water partition coefficient (Wildman–Crippen LogP) is 3.92. The zero-order chi connectivity index (χ0) is 17.6. The molecule has 130 valence electrons. The molecule has 0 aliphatic carbocycles. The first-order chi connectivity index (χ1) is 12.1. The van der Waals surface area contributed by atoms with Crippen LogP contribution >= 0.6 is 11.8 Å². The fourth-order valence-corrected chi connectivity index (χ4v) is 3.94. The lowest BCUT2D eigenvalue weighted by atomic mass is 10.0. The normalized spacial score (nSPS) is 16.8. The summed E-state index contributed by atoms with van der Waals surface area (Å²) in [6, 6.07) is 16.9. The Morgan fingerprint density at radius 1 is 1.16 bits per heavy atom. The summed E-state index contributed by atoms with van der Waals surface area (Å²) >= 11 is 1.43. The third kappa shape index (κ3) is 4.60. The first kappa shape index (κ1) is 17.5. The molecule has 0 N–H and O–H groups in total. The number of thioether (sulfide) groups is 1. The van der Waals surface area contributed by atoms with Gasteiger partial charge in [0.15, 0.2) is 0 Å². The molecule has 3 rings (SSSR count). The molecule has 0 radical (unpaired) electrons. The van der Waals surface area contributed by atoms with Gasteiger partial charge in [-0.2, -0.15) is 0 Å². The number of likely N-dealkylation sites (tertiary alicyclic amines) is 1. The molecule has 0 spiro atoms. The molecule has 2 aromatic rings. The maximum absolute atomic E-state index is 12.6. The molecule has 1 fully saturated rings. The molecular weight excluding hydrogens is 336 g/mol. The van der Waals surface area contributed by atoms with Gasteiger partial charge in [-0.3, -0.25) is 14.9 Å². The molecule has 25 heavy (non-hydrogen) atoms. The van der Waals surface area contributed by atoms with Crippen molar-refractivity contribution in [3.05, 3.63) is 70.3 Å². The smallest absolute Gasteiger partial charge is 0.269 e. The number of nitrogens with zero attached hydrogens (tertiary/aromatic N) is 2. The van der Waals surface area contributed by atoms with E-state index in [2.05, 4.69) is 12.1 Å². The first-order valence-corrected chi connectivity index (χ1v) is 9.32. The second kappa shape index (κ2) is 8.16. The molecule has 1 aliphatic rings. The van der Waals surface area contributed by atoms with Crippen LogP contribution < -0.4 is 0 Å². The summed E-state index contributed by atoms with van der Waals surface area (Å²) in [6.07, 6.45) is 2.99. The summed E-state index contributed by atoms with van der Waals surface area (Å²) < 4.78 is 0. The van der Waals surface area contributed by atoms with Crippen molar-refractivity contribution in [2.75, 3.05) is 12.3 Å². The number of hydrogen-bond acceptors (Lipinski definition) is 4. The van der Waals surface area contributed by atoms with Crippen molar-refractivity contribution in [3.8, 4) is 0 Å². The average molecular weight is 356 g/mol. The van der Waals surface area contributed by atoms with E-state index in [1.807, 2.05) is 23.1 Å². The lowest BCUT2D eigenvalue weighted by Crippen LogP contribution is -2.37. The Labute approximate surface area is 151 Å². The Balaban J connectivity index is 1.55. The van der Waals surface area contributed by atoms with Crippen LogP contribution in [-0.2, 0) is 11.2 Å². The van der Waals surface area contributed by atoms with Crippen molar-refractivity contribution in [1.82, 2.24) is 4.90 Å². The van der Waals surface area contributed by atoms with E-state index in [1.54, 1.807) is 12.1 Å². The lowest BCUT2D eigenvalue weighted by molar-refractivity contribution is -0.384. The zero-order valence-corrected chi connectivity index (χ0v) is 14.7. The van der Waals surface area contributed by atoms with Gasteiger partial charge in [0, 0.05) is 29.6 Å². The van der Waals surface area contributed by atoms with Gasteiger partial charge in [0.2, 0.25) is 5.91 Å². The van der Waals surface area contributed by atoms with E-state index in [0.29, 0.717) is 5.75 Å². The molecule has 6 heteroatoms. The van der Waals surface area contributed by atoms with Crippen molar-refractivity contribution in [2.45, 2.75) is 30.2 Å². The standard InChI is InChI=1S/C19H20N2O3S/c22-19(14-25-18-10-8-16(9-11-18)21(23)24)20-12-4-7-17(20)13-15-5-2-1-3-6-15/h1-3,5-6,8-11,17H,4,7,12-14H2. The molecular formula is C19H20N2O3S. The van der Waals surface area contributed by atoms with E-state index in [1.165, 1.54) is 29.5 Å². The number of amides is 1. The van der Waals surface area contributed by atoms with Crippen molar-refractivity contribution >= 4 is 23.4 Å². The van der Waals surface area contributed by atoms with Crippen LogP contribution in [-0.4, -0.2) is 34.1 Å². The number of hydrogen-bond donors (Lipinski definition) is 0. The topological polar surface area (TPSA) is 63.4 Å². The Hall–Kier alpha value is -2.34. The fraction of sp³-hybridized carbons (Fsp3) is 0.316. The SMILES string of the molecule is O=C(CSc1ccc([N+](=O)[O-])cc1)N1CCCC1Cc1ccccc1.